The maximum absolute atomic E-state index is 13.0. The Morgan fingerprint density at radius 2 is 2.27 bits per heavy atom. The number of anilines is 1. The third-order valence-electron chi connectivity index (χ3n) is 4.78. The second-order valence-corrected chi connectivity index (χ2v) is 9.30. The number of nitrogens with one attached hydrogen (secondary N) is 1. The van der Waals surface area contributed by atoms with Crippen LogP contribution in [0.4, 0.5) is 5.13 Å². The minimum atomic E-state index is -1.18. The number of oxime groups is 1. The summed E-state index contributed by atoms with van der Waals surface area (Å²) in [6.45, 7) is 1.83. The largest absolute Gasteiger partial charge is 0.477 e. The molecule has 1 aromatic heterocycles. The van der Waals surface area contributed by atoms with Gasteiger partial charge in [0.25, 0.3) is 11.8 Å². The number of aromatic nitrogens is 1. The normalized spacial score (nSPS) is 27.9. The van der Waals surface area contributed by atoms with Crippen molar-refractivity contribution >= 4 is 51.7 Å². The van der Waals surface area contributed by atoms with E-state index in [1.165, 1.54) is 22.7 Å². The minimum Gasteiger partial charge on any atom is -0.477 e. The highest BCUT2D eigenvalue weighted by Gasteiger charge is 2.54. The molecule has 2 amide bonds. The van der Waals surface area contributed by atoms with E-state index < -0.39 is 29.2 Å². The van der Waals surface area contributed by atoms with Gasteiger partial charge in [-0.1, -0.05) is 11.2 Å². The van der Waals surface area contributed by atoms with Gasteiger partial charge in [0.15, 0.2) is 10.8 Å². The lowest BCUT2D eigenvalue weighted by Crippen LogP contribution is -2.71. The van der Waals surface area contributed by atoms with E-state index in [2.05, 4.69) is 15.5 Å². The number of rotatable bonds is 6. The average molecular weight is 450 g/mol. The first-order chi connectivity index (χ1) is 14.3. The molecule has 4 rings (SSSR count). The van der Waals surface area contributed by atoms with Crippen LogP contribution in [0.5, 0.6) is 0 Å². The maximum atomic E-state index is 13.0. The molecule has 0 aromatic carbocycles. The molecular formula is C18H19N5O5S2. The zero-order valence-corrected chi connectivity index (χ0v) is 17.5. The molecule has 3 heterocycles. The number of carboxylic acid groups (broad SMARTS) is 1. The molecule has 4 N–H and O–H groups in total. The summed E-state index contributed by atoms with van der Waals surface area (Å²) in [6.07, 6.45) is 6.75. The number of fused-ring (bicyclic) bond motifs is 1. The van der Waals surface area contributed by atoms with Gasteiger partial charge in [-0.05, 0) is 31.9 Å². The number of carbonyl (C=O) groups excluding carboxylic acids is 2. The standard InChI is InChI=1S/C18H19N5O5S2/c1-8-6-11(17(26)27)23-15(25)13(16(23)30-8)21-14(24)12(10-7-29-18(19)20-10)22-28-9-4-2-3-5-9/h2,4,6-9,13,16H,3,5H2,1H3,(H2,19,20)(H,21,24)(H,26,27)/t8?,9?,13?,16-/m1/s1. The lowest BCUT2D eigenvalue weighted by atomic mass is 10.0. The summed E-state index contributed by atoms with van der Waals surface area (Å²) in [6, 6.07) is -0.874. The Balaban J connectivity index is 1.52. The van der Waals surface area contributed by atoms with Crippen LogP contribution in [0.25, 0.3) is 0 Å². The zero-order chi connectivity index (χ0) is 21.4. The first-order valence-electron chi connectivity index (χ1n) is 9.21. The second-order valence-electron chi connectivity index (χ2n) is 6.91. The van der Waals surface area contributed by atoms with Gasteiger partial charge in [-0.2, -0.15) is 0 Å². The molecule has 1 saturated heterocycles. The quantitative estimate of drug-likeness (QED) is 0.251. The van der Waals surface area contributed by atoms with Crippen molar-refractivity contribution in [3.05, 3.63) is 35.0 Å². The monoisotopic (exact) mass is 449 g/mol. The van der Waals surface area contributed by atoms with Gasteiger partial charge < -0.3 is 21.0 Å². The van der Waals surface area contributed by atoms with Crippen molar-refractivity contribution in [1.82, 2.24) is 15.2 Å². The molecule has 2 aliphatic heterocycles. The zero-order valence-electron chi connectivity index (χ0n) is 15.8. The number of hydrogen-bond donors (Lipinski definition) is 3. The van der Waals surface area contributed by atoms with Crippen molar-refractivity contribution in [3.63, 3.8) is 0 Å². The van der Waals surface area contributed by atoms with Crippen molar-refractivity contribution in [2.75, 3.05) is 5.73 Å². The molecule has 3 aliphatic rings. The highest BCUT2D eigenvalue weighted by Crippen LogP contribution is 2.40. The van der Waals surface area contributed by atoms with Gasteiger partial charge in [-0.15, -0.1) is 23.1 Å². The van der Waals surface area contributed by atoms with Crippen LogP contribution >= 0.6 is 23.1 Å². The number of carbonyl (C=O) groups is 3. The summed E-state index contributed by atoms with van der Waals surface area (Å²) in [4.78, 5) is 47.7. The van der Waals surface area contributed by atoms with E-state index in [0.717, 1.165) is 24.2 Å². The number of allylic oxidation sites excluding steroid dienone is 1. The summed E-state index contributed by atoms with van der Waals surface area (Å²) < 4.78 is 0. The number of amides is 2. The lowest BCUT2D eigenvalue weighted by molar-refractivity contribution is -0.150. The van der Waals surface area contributed by atoms with E-state index in [-0.39, 0.29) is 33.6 Å². The Morgan fingerprint density at radius 1 is 1.47 bits per heavy atom. The van der Waals surface area contributed by atoms with E-state index in [9.17, 15) is 19.5 Å². The molecule has 0 spiro atoms. The predicted octanol–water partition coefficient (Wildman–Crippen LogP) is 0.922. The third kappa shape index (κ3) is 3.79. The molecule has 1 aliphatic carbocycles. The topological polar surface area (TPSA) is 147 Å². The van der Waals surface area contributed by atoms with Crippen LogP contribution in [0.15, 0.2) is 34.5 Å². The fourth-order valence-corrected chi connectivity index (χ4v) is 5.23. The van der Waals surface area contributed by atoms with E-state index in [0.29, 0.717) is 0 Å². The van der Waals surface area contributed by atoms with Crippen LogP contribution < -0.4 is 11.1 Å². The molecular weight excluding hydrogens is 430 g/mol. The second kappa shape index (κ2) is 8.11. The van der Waals surface area contributed by atoms with Gasteiger partial charge in [0.1, 0.15) is 28.9 Å². The fraction of sp³-hybridized carbons (Fsp3) is 0.389. The number of thiazole rings is 1. The van der Waals surface area contributed by atoms with Gasteiger partial charge in [0.05, 0.1) is 0 Å². The number of β-lactam (4-membered cyclic amide) rings is 1. The van der Waals surface area contributed by atoms with Crippen LogP contribution in [-0.4, -0.2) is 61.3 Å². The van der Waals surface area contributed by atoms with Crippen molar-refractivity contribution < 1.29 is 24.3 Å². The maximum Gasteiger partial charge on any atom is 0.352 e. The number of aliphatic carboxylic acids is 1. The van der Waals surface area contributed by atoms with Crippen molar-refractivity contribution in [3.8, 4) is 0 Å². The Kier molecular flexibility index (Phi) is 5.52. The molecule has 30 heavy (non-hydrogen) atoms. The van der Waals surface area contributed by atoms with E-state index in [1.54, 1.807) is 5.38 Å². The first kappa shape index (κ1) is 20.4. The Morgan fingerprint density at radius 3 is 2.90 bits per heavy atom. The van der Waals surface area contributed by atoms with E-state index in [1.807, 2.05) is 19.1 Å². The molecule has 1 fully saturated rings. The van der Waals surface area contributed by atoms with E-state index >= 15 is 0 Å². The molecule has 10 nitrogen and oxygen atoms in total. The number of thioether (sulfide) groups is 1. The highest BCUT2D eigenvalue weighted by atomic mass is 32.2. The van der Waals surface area contributed by atoms with Crippen LogP contribution in [0.1, 0.15) is 25.5 Å². The number of nitrogens with zero attached hydrogens (tertiary/aromatic N) is 3. The van der Waals surface area contributed by atoms with Gasteiger partial charge in [-0.25, -0.2) is 9.78 Å². The van der Waals surface area contributed by atoms with Crippen molar-refractivity contribution in [2.45, 2.75) is 42.5 Å². The summed E-state index contributed by atoms with van der Waals surface area (Å²) in [5.74, 6) is -2.30. The molecule has 1 aromatic rings. The van der Waals surface area contributed by atoms with Crippen LogP contribution in [0.3, 0.4) is 0 Å². The van der Waals surface area contributed by atoms with Gasteiger partial charge in [0, 0.05) is 10.6 Å². The predicted molar refractivity (Wildman–Crippen MR) is 112 cm³/mol. The van der Waals surface area contributed by atoms with Gasteiger partial charge in [0.2, 0.25) is 0 Å². The summed E-state index contributed by atoms with van der Waals surface area (Å²) in [5, 5.41) is 17.2. The molecule has 0 saturated carbocycles. The molecule has 158 valence electrons. The highest BCUT2D eigenvalue weighted by molar-refractivity contribution is 8.00. The summed E-state index contributed by atoms with van der Waals surface area (Å²) in [7, 11) is 0. The molecule has 3 unspecified atom stereocenters. The number of nitrogens with two attached hydrogens (primary N) is 1. The minimum absolute atomic E-state index is 0.0701. The summed E-state index contributed by atoms with van der Waals surface area (Å²) in [5.41, 5.74) is 5.78. The van der Waals surface area contributed by atoms with E-state index in [4.69, 9.17) is 10.6 Å². The Labute approximate surface area is 179 Å². The molecule has 0 bridgehead atoms. The van der Waals surface area contributed by atoms with Crippen LogP contribution in [0.2, 0.25) is 0 Å². The smallest absolute Gasteiger partial charge is 0.352 e. The number of hydrogen-bond acceptors (Lipinski definition) is 9. The lowest BCUT2D eigenvalue weighted by Gasteiger charge is -2.49. The van der Waals surface area contributed by atoms with Gasteiger partial charge in [-0.3, -0.25) is 14.5 Å². The number of carboxylic acids is 1. The van der Waals surface area contributed by atoms with Crippen LogP contribution in [-0.2, 0) is 19.2 Å². The Bertz CT molecular complexity index is 987. The fourth-order valence-electron chi connectivity index (χ4n) is 3.35. The van der Waals surface area contributed by atoms with Crippen LogP contribution in [0, 0.1) is 0 Å². The molecule has 4 atom stereocenters. The molecule has 0 radical (unpaired) electrons. The molecule has 12 heteroatoms. The third-order valence-corrected chi connectivity index (χ3v) is 6.78. The average Bonchev–Trinajstić information content (AvgIpc) is 3.37. The summed E-state index contributed by atoms with van der Waals surface area (Å²) >= 11 is 2.55. The first-order valence-corrected chi connectivity index (χ1v) is 11.0. The van der Waals surface area contributed by atoms with Crippen molar-refractivity contribution in [2.24, 2.45) is 5.16 Å². The van der Waals surface area contributed by atoms with Gasteiger partial charge >= 0.3 is 5.97 Å². The van der Waals surface area contributed by atoms with Crippen molar-refractivity contribution in [1.29, 1.82) is 0 Å². The number of nitrogen functional groups attached to an aromatic ring is 1. The SMILES string of the molecule is CC1C=C(C(=O)O)N2C(=O)C(NC(=O)C(=NOC3C=CCC3)c3csc(N)n3)[C@H]2S1. The Hall–Kier alpha value is -2.86.